The quantitative estimate of drug-likeness (QED) is 0.224. The predicted molar refractivity (Wildman–Crippen MR) is 170 cm³/mol. The fourth-order valence-electron chi connectivity index (χ4n) is 6.31. The van der Waals surface area contributed by atoms with Crippen molar-refractivity contribution in [2.75, 3.05) is 0 Å². The Kier molecular flexibility index (Phi) is 4.48. The van der Waals surface area contributed by atoms with Crippen LogP contribution in [0.15, 0.2) is 127 Å². The Balaban J connectivity index is 1.55. The van der Waals surface area contributed by atoms with Crippen LogP contribution in [0.4, 0.5) is 0 Å². The monoisotopic (exact) mass is 527 g/mol. The molecule has 6 aromatic carbocycles. The first-order valence-corrected chi connectivity index (χ1v) is 14.3. The molecular weight excluding hydrogens is 506 g/mol. The molecule has 0 amide bonds. The van der Waals surface area contributed by atoms with Gasteiger partial charge in [0.25, 0.3) is 0 Å². The summed E-state index contributed by atoms with van der Waals surface area (Å²) >= 11 is 1.87. The summed E-state index contributed by atoms with van der Waals surface area (Å²) in [5.41, 5.74) is 5.24. The zero-order valence-electron chi connectivity index (χ0n) is 21.4. The highest BCUT2D eigenvalue weighted by atomic mass is 32.1. The number of benzene rings is 6. The van der Waals surface area contributed by atoms with Gasteiger partial charge in [-0.2, -0.15) is 0 Å². The first-order chi connectivity index (χ1) is 19.9. The van der Waals surface area contributed by atoms with E-state index < -0.39 is 0 Å². The van der Waals surface area contributed by atoms with Crippen LogP contribution in [0, 0.1) is 0 Å². The minimum absolute atomic E-state index is 0.690. The fourth-order valence-corrected chi connectivity index (χ4v) is 7.55. The lowest BCUT2D eigenvalue weighted by Gasteiger charge is -2.12. The number of hydrogen-bond acceptors (Lipinski definition) is 3. The van der Waals surface area contributed by atoms with E-state index >= 15 is 0 Å². The predicted octanol–water partition coefficient (Wildman–Crippen LogP) is 9.91. The van der Waals surface area contributed by atoms with E-state index in [-0.39, 0.29) is 0 Å². The SMILES string of the molecule is c1ccc(-c2nc(-n3c4ccccc4c4c5ccccc5c5sc6ccccc6c5c43)nc3ccccc23)cc1. The van der Waals surface area contributed by atoms with Crippen LogP contribution in [0.5, 0.6) is 0 Å². The average molecular weight is 528 g/mol. The van der Waals surface area contributed by atoms with E-state index in [2.05, 4.69) is 126 Å². The number of aromatic nitrogens is 3. The van der Waals surface area contributed by atoms with Gasteiger partial charge in [-0.1, -0.05) is 109 Å². The summed E-state index contributed by atoms with van der Waals surface area (Å²) < 4.78 is 4.89. The van der Waals surface area contributed by atoms with Crippen LogP contribution in [-0.2, 0) is 0 Å². The molecule has 0 saturated heterocycles. The molecule has 0 spiro atoms. The van der Waals surface area contributed by atoms with Crippen molar-refractivity contribution in [3.63, 3.8) is 0 Å². The van der Waals surface area contributed by atoms with Crippen molar-refractivity contribution in [2.45, 2.75) is 0 Å². The molecule has 9 aromatic rings. The van der Waals surface area contributed by atoms with Crippen LogP contribution in [0.1, 0.15) is 0 Å². The third-order valence-corrected chi connectivity index (χ3v) is 9.19. The second-order valence-electron chi connectivity index (χ2n) is 10.2. The summed E-state index contributed by atoms with van der Waals surface area (Å²) in [6, 6.07) is 45.0. The first-order valence-electron chi connectivity index (χ1n) is 13.4. The third-order valence-electron chi connectivity index (χ3n) is 7.99. The molecule has 9 rings (SSSR count). The molecule has 0 saturated carbocycles. The Bertz CT molecular complexity index is 2430. The van der Waals surface area contributed by atoms with Gasteiger partial charge >= 0.3 is 0 Å². The molecule has 3 nitrogen and oxygen atoms in total. The van der Waals surface area contributed by atoms with Gasteiger partial charge in [-0.05, 0) is 23.6 Å². The summed E-state index contributed by atoms with van der Waals surface area (Å²) in [5, 5.41) is 8.60. The van der Waals surface area contributed by atoms with E-state index in [4.69, 9.17) is 9.97 Å². The van der Waals surface area contributed by atoms with Gasteiger partial charge in [0.1, 0.15) is 0 Å². The van der Waals surface area contributed by atoms with Gasteiger partial charge in [0.05, 0.1) is 22.2 Å². The van der Waals surface area contributed by atoms with E-state index in [1.807, 2.05) is 17.4 Å². The molecule has 0 radical (unpaired) electrons. The number of rotatable bonds is 2. The zero-order chi connectivity index (χ0) is 26.2. The summed E-state index contributed by atoms with van der Waals surface area (Å²) in [6.07, 6.45) is 0. The third kappa shape index (κ3) is 2.94. The molecule has 0 fully saturated rings. The van der Waals surface area contributed by atoms with Gasteiger partial charge in [0.2, 0.25) is 5.95 Å². The maximum atomic E-state index is 5.32. The Morgan fingerprint density at radius 2 is 1.15 bits per heavy atom. The minimum Gasteiger partial charge on any atom is -0.277 e. The highest BCUT2D eigenvalue weighted by Gasteiger charge is 2.23. The maximum absolute atomic E-state index is 5.32. The summed E-state index contributed by atoms with van der Waals surface area (Å²) in [7, 11) is 0. The highest BCUT2D eigenvalue weighted by Crippen LogP contribution is 2.47. The van der Waals surface area contributed by atoms with Gasteiger partial charge < -0.3 is 0 Å². The molecular formula is C36H21N3S. The summed E-state index contributed by atoms with van der Waals surface area (Å²) in [6.45, 7) is 0. The molecule has 0 N–H and O–H groups in total. The zero-order valence-corrected chi connectivity index (χ0v) is 22.2. The standard InChI is InChI=1S/C36H21N3S/c1-2-12-22(13-3-1)33-25-16-6-9-19-28(25)37-36(38-33)39-29-20-10-7-17-26(29)31-23-14-4-5-15-24(23)35-32(34(31)39)27-18-8-11-21-30(27)40-35/h1-21H. The first kappa shape index (κ1) is 21.8. The maximum Gasteiger partial charge on any atom is 0.235 e. The molecule has 0 bridgehead atoms. The lowest BCUT2D eigenvalue weighted by Crippen LogP contribution is -2.03. The molecule has 40 heavy (non-hydrogen) atoms. The second kappa shape index (κ2) is 8.22. The van der Waals surface area contributed by atoms with E-state index in [1.165, 1.54) is 47.2 Å². The molecule has 0 aliphatic heterocycles. The van der Waals surface area contributed by atoms with E-state index in [1.54, 1.807) is 0 Å². The molecule has 0 unspecified atom stereocenters. The van der Waals surface area contributed by atoms with Crippen LogP contribution in [-0.4, -0.2) is 14.5 Å². The topological polar surface area (TPSA) is 30.7 Å². The van der Waals surface area contributed by atoms with E-state index in [0.29, 0.717) is 5.95 Å². The molecule has 0 aliphatic carbocycles. The van der Waals surface area contributed by atoms with Gasteiger partial charge in [-0.3, -0.25) is 4.57 Å². The second-order valence-corrected chi connectivity index (χ2v) is 11.2. The molecule has 0 atom stereocenters. The van der Waals surface area contributed by atoms with Crippen LogP contribution in [0.3, 0.4) is 0 Å². The number of nitrogens with zero attached hydrogens (tertiary/aromatic N) is 3. The lowest BCUT2D eigenvalue weighted by molar-refractivity contribution is 1.02. The fraction of sp³-hybridized carbons (Fsp3) is 0. The normalized spacial score (nSPS) is 12.0. The van der Waals surface area contributed by atoms with Crippen molar-refractivity contribution in [3.05, 3.63) is 127 Å². The smallest absolute Gasteiger partial charge is 0.235 e. The number of thiophene rings is 1. The van der Waals surface area contributed by atoms with Crippen molar-refractivity contribution < 1.29 is 0 Å². The van der Waals surface area contributed by atoms with Crippen molar-refractivity contribution in [2.24, 2.45) is 0 Å². The minimum atomic E-state index is 0.690. The van der Waals surface area contributed by atoms with Crippen LogP contribution < -0.4 is 0 Å². The van der Waals surface area contributed by atoms with Crippen molar-refractivity contribution in [1.29, 1.82) is 0 Å². The van der Waals surface area contributed by atoms with E-state index in [9.17, 15) is 0 Å². The molecule has 3 aromatic heterocycles. The van der Waals surface area contributed by atoms with Crippen molar-refractivity contribution >= 4 is 75.0 Å². The number of hydrogen-bond donors (Lipinski definition) is 0. The van der Waals surface area contributed by atoms with Gasteiger partial charge in [0.15, 0.2) is 0 Å². The Hall–Kier alpha value is -5.06. The Morgan fingerprint density at radius 3 is 2.00 bits per heavy atom. The van der Waals surface area contributed by atoms with Crippen LogP contribution in [0.25, 0.3) is 80.9 Å². The summed E-state index contributed by atoms with van der Waals surface area (Å²) in [4.78, 5) is 10.5. The molecule has 0 aliphatic rings. The van der Waals surface area contributed by atoms with Crippen LogP contribution in [0.2, 0.25) is 0 Å². The number of fused-ring (bicyclic) bond motifs is 11. The van der Waals surface area contributed by atoms with Crippen LogP contribution >= 0.6 is 11.3 Å². The molecule has 186 valence electrons. The van der Waals surface area contributed by atoms with Crippen molar-refractivity contribution in [3.8, 4) is 17.2 Å². The molecule has 3 heterocycles. The average Bonchev–Trinajstić information content (AvgIpc) is 3.58. The van der Waals surface area contributed by atoms with Gasteiger partial charge in [-0.25, -0.2) is 9.97 Å². The number of para-hydroxylation sites is 2. The Labute approximate surface area is 233 Å². The van der Waals surface area contributed by atoms with Gasteiger partial charge in [0, 0.05) is 47.3 Å². The van der Waals surface area contributed by atoms with Gasteiger partial charge in [-0.15, -0.1) is 11.3 Å². The van der Waals surface area contributed by atoms with E-state index in [0.717, 1.165) is 27.7 Å². The lowest BCUT2D eigenvalue weighted by atomic mass is 10.00. The molecule has 4 heteroatoms. The highest BCUT2D eigenvalue weighted by molar-refractivity contribution is 7.27. The summed E-state index contributed by atoms with van der Waals surface area (Å²) in [5.74, 6) is 0.690. The Morgan fingerprint density at radius 1 is 0.500 bits per heavy atom. The van der Waals surface area contributed by atoms with Crippen molar-refractivity contribution in [1.82, 2.24) is 14.5 Å². The largest absolute Gasteiger partial charge is 0.277 e.